The van der Waals surface area contributed by atoms with Crippen molar-refractivity contribution < 1.29 is 9.15 Å². The second-order valence-corrected chi connectivity index (χ2v) is 6.78. The van der Waals surface area contributed by atoms with Crippen molar-refractivity contribution in [2.24, 2.45) is 0 Å². The highest BCUT2D eigenvalue weighted by Gasteiger charge is 2.15. The first-order chi connectivity index (χ1) is 10.0. The highest BCUT2D eigenvalue weighted by atomic mass is 32.1. The Morgan fingerprint density at radius 2 is 2.00 bits per heavy atom. The molecule has 0 aliphatic heterocycles. The molecular weight excluding hydrogens is 282 g/mol. The average molecular weight is 307 g/mol. The second-order valence-electron chi connectivity index (χ2n) is 5.89. The van der Waals surface area contributed by atoms with E-state index in [9.17, 15) is 0 Å². The fourth-order valence-electron chi connectivity index (χ4n) is 2.16. The van der Waals surface area contributed by atoms with Crippen molar-refractivity contribution in [3.05, 3.63) is 39.7 Å². The largest absolute Gasteiger partial charge is 0.466 e. The number of rotatable bonds is 7. The number of furan rings is 1. The van der Waals surface area contributed by atoms with E-state index in [1.807, 2.05) is 6.92 Å². The molecule has 2 heterocycles. The standard InChI is InChI=1S/C17H25NO2S/c1-11(2)16-9-8-14(20-16)7-6-12(3)15-10-21-17(18-15)13(4)19-5/h8-13H,6-7H2,1-5H3. The van der Waals surface area contributed by atoms with Crippen LogP contribution < -0.4 is 0 Å². The number of methoxy groups -OCH3 is 1. The van der Waals surface area contributed by atoms with E-state index in [-0.39, 0.29) is 6.10 Å². The zero-order valence-electron chi connectivity index (χ0n) is 13.6. The maximum Gasteiger partial charge on any atom is 0.121 e. The Morgan fingerprint density at radius 3 is 2.62 bits per heavy atom. The van der Waals surface area contributed by atoms with Crippen LogP contribution in [-0.4, -0.2) is 12.1 Å². The Labute approximate surface area is 131 Å². The van der Waals surface area contributed by atoms with Crippen LogP contribution in [0.2, 0.25) is 0 Å². The summed E-state index contributed by atoms with van der Waals surface area (Å²) in [5.41, 5.74) is 1.16. The summed E-state index contributed by atoms with van der Waals surface area (Å²) in [7, 11) is 1.72. The van der Waals surface area contributed by atoms with E-state index in [0.29, 0.717) is 11.8 Å². The molecule has 0 N–H and O–H groups in total. The Bertz CT molecular complexity index is 559. The molecule has 0 saturated heterocycles. The molecule has 116 valence electrons. The van der Waals surface area contributed by atoms with Crippen LogP contribution in [0.15, 0.2) is 21.9 Å². The number of hydrogen-bond acceptors (Lipinski definition) is 4. The lowest BCUT2D eigenvalue weighted by Gasteiger charge is -2.08. The van der Waals surface area contributed by atoms with E-state index in [1.165, 1.54) is 0 Å². The van der Waals surface area contributed by atoms with Crippen LogP contribution in [-0.2, 0) is 11.2 Å². The van der Waals surface area contributed by atoms with E-state index in [1.54, 1.807) is 18.4 Å². The van der Waals surface area contributed by atoms with E-state index in [0.717, 1.165) is 35.1 Å². The van der Waals surface area contributed by atoms with Crippen molar-refractivity contribution in [3.63, 3.8) is 0 Å². The molecule has 2 aromatic heterocycles. The Kier molecular flexibility index (Phi) is 5.59. The number of nitrogens with zero attached hydrogens (tertiary/aromatic N) is 1. The minimum atomic E-state index is 0.0784. The van der Waals surface area contributed by atoms with Crippen LogP contribution in [0.4, 0.5) is 0 Å². The van der Waals surface area contributed by atoms with Gasteiger partial charge in [0.1, 0.15) is 22.6 Å². The lowest BCUT2D eigenvalue weighted by molar-refractivity contribution is 0.119. The van der Waals surface area contributed by atoms with Gasteiger partial charge < -0.3 is 9.15 Å². The van der Waals surface area contributed by atoms with Crippen LogP contribution in [0.5, 0.6) is 0 Å². The van der Waals surface area contributed by atoms with Gasteiger partial charge in [-0.05, 0) is 31.4 Å². The molecular formula is C17H25NO2S. The highest BCUT2D eigenvalue weighted by molar-refractivity contribution is 7.09. The van der Waals surface area contributed by atoms with Gasteiger partial charge in [0.2, 0.25) is 0 Å². The predicted octanol–water partition coefficient (Wildman–Crippen LogP) is 5.30. The molecule has 3 nitrogen and oxygen atoms in total. The number of aryl methyl sites for hydroxylation is 1. The summed E-state index contributed by atoms with van der Waals surface area (Å²) in [6.45, 7) is 8.56. The number of thiazole rings is 1. The van der Waals surface area contributed by atoms with E-state index in [4.69, 9.17) is 9.15 Å². The van der Waals surface area contributed by atoms with Crippen molar-refractivity contribution in [3.8, 4) is 0 Å². The molecule has 21 heavy (non-hydrogen) atoms. The highest BCUT2D eigenvalue weighted by Crippen LogP contribution is 2.27. The third-order valence-electron chi connectivity index (χ3n) is 3.82. The van der Waals surface area contributed by atoms with Gasteiger partial charge in [-0.2, -0.15) is 0 Å². The van der Waals surface area contributed by atoms with E-state index >= 15 is 0 Å². The molecule has 2 unspecified atom stereocenters. The van der Waals surface area contributed by atoms with Crippen molar-refractivity contribution in [1.82, 2.24) is 4.98 Å². The number of hydrogen-bond donors (Lipinski definition) is 0. The van der Waals surface area contributed by atoms with Gasteiger partial charge in [-0.15, -0.1) is 11.3 Å². The number of aromatic nitrogens is 1. The lowest BCUT2D eigenvalue weighted by Crippen LogP contribution is -1.99. The molecule has 0 saturated carbocycles. The predicted molar refractivity (Wildman–Crippen MR) is 87.1 cm³/mol. The fourth-order valence-corrected chi connectivity index (χ4v) is 3.13. The van der Waals surface area contributed by atoms with Gasteiger partial charge in [0.15, 0.2) is 0 Å². The average Bonchev–Trinajstić information content (AvgIpc) is 3.12. The molecule has 0 fully saturated rings. The quantitative estimate of drug-likeness (QED) is 0.696. The molecule has 0 aromatic carbocycles. The molecule has 4 heteroatoms. The maximum absolute atomic E-state index is 5.85. The van der Waals surface area contributed by atoms with Crippen LogP contribution in [0.3, 0.4) is 0 Å². The van der Waals surface area contributed by atoms with Gasteiger partial charge in [0, 0.05) is 24.8 Å². The molecule has 0 radical (unpaired) electrons. The topological polar surface area (TPSA) is 35.3 Å². The molecule has 2 rings (SSSR count). The van der Waals surface area contributed by atoms with Crippen LogP contribution >= 0.6 is 11.3 Å². The molecule has 2 aromatic rings. The molecule has 2 atom stereocenters. The van der Waals surface area contributed by atoms with Gasteiger partial charge in [-0.1, -0.05) is 20.8 Å². The third kappa shape index (κ3) is 4.17. The first-order valence-corrected chi connectivity index (χ1v) is 8.46. The zero-order chi connectivity index (χ0) is 15.4. The van der Waals surface area contributed by atoms with Gasteiger partial charge in [0.05, 0.1) is 5.69 Å². The van der Waals surface area contributed by atoms with Gasteiger partial charge in [-0.3, -0.25) is 0 Å². The monoisotopic (exact) mass is 307 g/mol. The summed E-state index contributed by atoms with van der Waals surface area (Å²) >= 11 is 1.68. The van der Waals surface area contributed by atoms with Crippen molar-refractivity contribution >= 4 is 11.3 Å². The Morgan fingerprint density at radius 1 is 1.24 bits per heavy atom. The van der Waals surface area contributed by atoms with E-state index < -0.39 is 0 Å². The summed E-state index contributed by atoms with van der Waals surface area (Å²) in [5.74, 6) is 3.04. The summed E-state index contributed by atoms with van der Waals surface area (Å²) in [5, 5.41) is 3.21. The van der Waals surface area contributed by atoms with Gasteiger partial charge in [0.25, 0.3) is 0 Å². The minimum Gasteiger partial charge on any atom is -0.466 e. The molecule has 0 aliphatic carbocycles. The number of ether oxygens (including phenoxy) is 1. The molecule has 0 aliphatic rings. The van der Waals surface area contributed by atoms with Gasteiger partial charge >= 0.3 is 0 Å². The second kappa shape index (κ2) is 7.23. The molecule has 0 spiro atoms. The summed E-state index contributed by atoms with van der Waals surface area (Å²) in [4.78, 5) is 4.69. The van der Waals surface area contributed by atoms with E-state index in [2.05, 4.69) is 43.3 Å². The van der Waals surface area contributed by atoms with Gasteiger partial charge in [-0.25, -0.2) is 4.98 Å². The summed E-state index contributed by atoms with van der Waals surface area (Å²) in [6.07, 6.45) is 2.09. The SMILES string of the molecule is COC(C)c1nc(C(C)CCc2ccc(C(C)C)o2)cs1. The first-order valence-electron chi connectivity index (χ1n) is 7.58. The smallest absolute Gasteiger partial charge is 0.121 e. The van der Waals surface area contributed by atoms with Crippen molar-refractivity contribution in [2.75, 3.05) is 7.11 Å². The Hall–Kier alpha value is -1.13. The van der Waals surface area contributed by atoms with Crippen LogP contribution in [0.1, 0.15) is 74.3 Å². The lowest BCUT2D eigenvalue weighted by atomic mass is 10.0. The minimum absolute atomic E-state index is 0.0784. The van der Waals surface area contributed by atoms with Crippen LogP contribution in [0.25, 0.3) is 0 Å². The maximum atomic E-state index is 5.85. The van der Waals surface area contributed by atoms with Crippen molar-refractivity contribution in [2.45, 2.75) is 58.5 Å². The van der Waals surface area contributed by atoms with Crippen LogP contribution in [0, 0.1) is 0 Å². The first kappa shape index (κ1) is 16.2. The summed E-state index contributed by atoms with van der Waals surface area (Å²) in [6, 6.07) is 4.19. The normalized spacial score (nSPS) is 14.6. The Balaban J connectivity index is 1.91. The molecule has 0 bridgehead atoms. The third-order valence-corrected chi connectivity index (χ3v) is 4.85. The fraction of sp³-hybridized carbons (Fsp3) is 0.588. The van der Waals surface area contributed by atoms with Crippen molar-refractivity contribution in [1.29, 1.82) is 0 Å². The molecule has 0 amide bonds. The summed E-state index contributed by atoms with van der Waals surface area (Å²) < 4.78 is 11.2. The zero-order valence-corrected chi connectivity index (χ0v) is 14.4.